The molecule has 1 aromatic carbocycles. The van der Waals surface area contributed by atoms with E-state index in [0.717, 1.165) is 31.7 Å². The molecule has 0 aromatic heterocycles. The number of likely N-dealkylation sites (tertiary alicyclic amines) is 1. The fraction of sp³-hybridized carbons (Fsp3) is 0.600. The van der Waals surface area contributed by atoms with E-state index in [2.05, 4.69) is 24.1 Å². The summed E-state index contributed by atoms with van der Waals surface area (Å²) in [7, 11) is 5.72. The Balaban J connectivity index is 2.01. The molecule has 0 aliphatic carbocycles. The van der Waals surface area contributed by atoms with Gasteiger partial charge in [0.05, 0.1) is 13.2 Å². The van der Waals surface area contributed by atoms with Crippen LogP contribution in [0.3, 0.4) is 0 Å². The molecule has 0 radical (unpaired) electrons. The van der Waals surface area contributed by atoms with E-state index in [1.807, 2.05) is 19.2 Å². The summed E-state index contributed by atoms with van der Waals surface area (Å²) in [5, 5.41) is 0. The lowest BCUT2D eigenvalue weighted by atomic mass is 9.89. The van der Waals surface area contributed by atoms with Gasteiger partial charge in [0.15, 0.2) is 0 Å². The van der Waals surface area contributed by atoms with Gasteiger partial charge in [-0.1, -0.05) is 12.1 Å². The first kappa shape index (κ1) is 13.4. The van der Waals surface area contributed by atoms with Gasteiger partial charge in [0.25, 0.3) is 0 Å². The first-order valence-electron chi connectivity index (χ1n) is 6.57. The van der Waals surface area contributed by atoms with Crippen molar-refractivity contribution in [2.24, 2.45) is 5.92 Å². The number of rotatable bonds is 4. The summed E-state index contributed by atoms with van der Waals surface area (Å²) in [4.78, 5) is 2.39. The molecule has 2 rings (SSSR count). The summed E-state index contributed by atoms with van der Waals surface area (Å²) in [5.41, 5.74) is 1.36. The van der Waals surface area contributed by atoms with E-state index in [1.54, 1.807) is 7.11 Å². The molecule has 0 amide bonds. The molecular weight excluding hydrogens is 226 g/mol. The number of hydrogen-bond acceptors (Lipinski definition) is 3. The largest absolute Gasteiger partial charge is 0.497 e. The summed E-state index contributed by atoms with van der Waals surface area (Å²) in [6.45, 7) is 2.25. The topological polar surface area (TPSA) is 21.7 Å². The molecule has 1 heterocycles. The highest BCUT2D eigenvalue weighted by Gasteiger charge is 2.27. The van der Waals surface area contributed by atoms with Gasteiger partial charge in [-0.2, -0.15) is 0 Å². The summed E-state index contributed by atoms with van der Waals surface area (Å²) >= 11 is 0. The molecule has 2 atom stereocenters. The van der Waals surface area contributed by atoms with Crippen LogP contribution in [0.4, 0.5) is 0 Å². The lowest BCUT2D eigenvalue weighted by molar-refractivity contribution is 0.000546. The van der Waals surface area contributed by atoms with Gasteiger partial charge < -0.3 is 14.4 Å². The lowest BCUT2D eigenvalue weighted by Gasteiger charge is -2.36. The molecule has 0 saturated carbocycles. The van der Waals surface area contributed by atoms with Crippen LogP contribution in [0.5, 0.6) is 5.75 Å². The van der Waals surface area contributed by atoms with Gasteiger partial charge >= 0.3 is 0 Å². The van der Waals surface area contributed by atoms with Gasteiger partial charge in [0, 0.05) is 26.1 Å². The van der Waals surface area contributed by atoms with Gasteiger partial charge in [-0.15, -0.1) is 0 Å². The number of methoxy groups -OCH3 is 2. The second-order valence-corrected chi connectivity index (χ2v) is 5.14. The van der Waals surface area contributed by atoms with Crippen LogP contribution >= 0.6 is 0 Å². The molecule has 3 nitrogen and oxygen atoms in total. The molecular formula is C15H23NO2. The number of hydrogen-bond donors (Lipinski definition) is 0. The third-order valence-electron chi connectivity index (χ3n) is 3.83. The molecule has 0 unspecified atom stereocenters. The predicted octanol–water partition coefficient (Wildman–Crippen LogP) is 2.20. The van der Waals surface area contributed by atoms with Crippen LogP contribution < -0.4 is 4.74 Å². The van der Waals surface area contributed by atoms with E-state index < -0.39 is 0 Å². The second-order valence-electron chi connectivity index (χ2n) is 5.14. The maximum Gasteiger partial charge on any atom is 0.118 e. The molecule has 3 heteroatoms. The highest BCUT2D eigenvalue weighted by molar-refractivity contribution is 5.27. The standard InChI is InChI=1S/C15H23NO2/c1-16-9-8-15(18-3)13(11-16)10-12-4-6-14(17-2)7-5-12/h4-7,13,15H,8-11H2,1-3H3/t13-,15+/m1/s1. The SMILES string of the molecule is COc1ccc(C[C@@H]2CN(C)CC[C@@H]2OC)cc1. The molecule has 1 aliphatic heterocycles. The van der Waals surface area contributed by atoms with Gasteiger partial charge in [0.2, 0.25) is 0 Å². The highest BCUT2D eigenvalue weighted by Crippen LogP contribution is 2.23. The summed E-state index contributed by atoms with van der Waals surface area (Å²) < 4.78 is 10.8. The molecule has 1 aromatic rings. The maximum absolute atomic E-state index is 5.62. The highest BCUT2D eigenvalue weighted by atomic mass is 16.5. The number of benzene rings is 1. The molecule has 1 fully saturated rings. The van der Waals surface area contributed by atoms with Crippen molar-refractivity contribution in [2.75, 3.05) is 34.4 Å². The van der Waals surface area contributed by atoms with Crippen LogP contribution in [-0.2, 0) is 11.2 Å². The van der Waals surface area contributed by atoms with Crippen molar-refractivity contribution in [1.82, 2.24) is 4.90 Å². The Labute approximate surface area is 110 Å². The molecule has 1 aliphatic rings. The number of nitrogens with zero attached hydrogens (tertiary/aromatic N) is 1. The molecule has 18 heavy (non-hydrogen) atoms. The number of piperidine rings is 1. The average Bonchev–Trinajstić information content (AvgIpc) is 2.40. The Morgan fingerprint density at radius 1 is 1.22 bits per heavy atom. The Morgan fingerprint density at radius 2 is 1.94 bits per heavy atom. The average molecular weight is 249 g/mol. The van der Waals surface area contributed by atoms with Crippen LogP contribution in [-0.4, -0.2) is 45.4 Å². The Hall–Kier alpha value is -1.06. The summed E-state index contributed by atoms with van der Waals surface area (Å²) in [5.74, 6) is 1.50. The van der Waals surface area contributed by atoms with Gasteiger partial charge in [0.1, 0.15) is 5.75 Å². The van der Waals surface area contributed by atoms with Crippen molar-refractivity contribution in [3.8, 4) is 5.75 Å². The van der Waals surface area contributed by atoms with Crippen molar-refractivity contribution in [3.05, 3.63) is 29.8 Å². The number of ether oxygens (including phenoxy) is 2. The van der Waals surface area contributed by atoms with Crippen LogP contribution in [0.1, 0.15) is 12.0 Å². The van der Waals surface area contributed by atoms with E-state index in [4.69, 9.17) is 9.47 Å². The van der Waals surface area contributed by atoms with Crippen molar-refractivity contribution >= 4 is 0 Å². The van der Waals surface area contributed by atoms with E-state index in [1.165, 1.54) is 5.56 Å². The van der Waals surface area contributed by atoms with Crippen molar-refractivity contribution in [3.63, 3.8) is 0 Å². The normalized spacial score (nSPS) is 25.1. The molecule has 100 valence electrons. The predicted molar refractivity (Wildman–Crippen MR) is 73.1 cm³/mol. The van der Waals surface area contributed by atoms with Crippen molar-refractivity contribution < 1.29 is 9.47 Å². The van der Waals surface area contributed by atoms with Crippen LogP contribution in [0.2, 0.25) is 0 Å². The minimum absolute atomic E-state index is 0.392. The zero-order valence-electron chi connectivity index (χ0n) is 11.6. The van der Waals surface area contributed by atoms with Crippen LogP contribution in [0.15, 0.2) is 24.3 Å². The Morgan fingerprint density at radius 3 is 2.56 bits per heavy atom. The molecule has 0 bridgehead atoms. The minimum atomic E-state index is 0.392. The third-order valence-corrected chi connectivity index (χ3v) is 3.83. The molecule has 0 spiro atoms. The Bertz CT molecular complexity index is 363. The maximum atomic E-state index is 5.62. The zero-order chi connectivity index (χ0) is 13.0. The summed E-state index contributed by atoms with van der Waals surface area (Å²) in [6.07, 6.45) is 2.60. The van der Waals surface area contributed by atoms with Crippen molar-refractivity contribution in [2.45, 2.75) is 18.9 Å². The van der Waals surface area contributed by atoms with E-state index in [9.17, 15) is 0 Å². The molecule has 1 saturated heterocycles. The third kappa shape index (κ3) is 3.24. The van der Waals surface area contributed by atoms with E-state index in [0.29, 0.717) is 12.0 Å². The smallest absolute Gasteiger partial charge is 0.118 e. The molecule has 0 N–H and O–H groups in total. The summed E-state index contributed by atoms with van der Waals surface area (Å²) in [6, 6.07) is 8.37. The van der Waals surface area contributed by atoms with Crippen molar-refractivity contribution in [1.29, 1.82) is 0 Å². The van der Waals surface area contributed by atoms with Gasteiger partial charge in [-0.3, -0.25) is 0 Å². The first-order chi connectivity index (χ1) is 8.72. The quantitative estimate of drug-likeness (QED) is 0.816. The fourth-order valence-electron chi connectivity index (χ4n) is 2.76. The van der Waals surface area contributed by atoms with E-state index in [-0.39, 0.29) is 0 Å². The Kier molecular flexibility index (Phi) is 4.61. The van der Waals surface area contributed by atoms with Gasteiger partial charge in [-0.05, 0) is 37.6 Å². The fourth-order valence-corrected chi connectivity index (χ4v) is 2.76. The van der Waals surface area contributed by atoms with E-state index >= 15 is 0 Å². The minimum Gasteiger partial charge on any atom is -0.497 e. The first-order valence-corrected chi connectivity index (χ1v) is 6.57. The van der Waals surface area contributed by atoms with Crippen LogP contribution in [0.25, 0.3) is 0 Å². The van der Waals surface area contributed by atoms with Gasteiger partial charge in [-0.25, -0.2) is 0 Å². The van der Waals surface area contributed by atoms with Crippen LogP contribution in [0, 0.1) is 5.92 Å². The zero-order valence-corrected chi connectivity index (χ0v) is 11.6. The monoisotopic (exact) mass is 249 g/mol. The second kappa shape index (κ2) is 6.21. The lowest BCUT2D eigenvalue weighted by Crippen LogP contribution is -2.42.